The third-order valence-corrected chi connectivity index (χ3v) is 3.74. The molecule has 0 aromatic heterocycles. The van der Waals surface area contributed by atoms with Crippen molar-refractivity contribution in [3.05, 3.63) is 35.9 Å². The second-order valence-corrected chi connectivity index (χ2v) is 5.61. The number of halogens is 1. The van der Waals surface area contributed by atoms with Crippen molar-refractivity contribution in [2.75, 3.05) is 26.7 Å². The minimum Gasteiger partial charge on any atom is -0.366 e. The maximum Gasteiger partial charge on any atom is 0.253 e. The van der Waals surface area contributed by atoms with Crippen LogP contribution in [0.15, 0.2) is 30.3 Å². The van der Waals surface area contributed by atoms with E-state index in [1.807, 2.05) is 30.1 Å². The van der Waals surface area contributed by atoms with Gasteiger partial charge < -0.3 is 15.0 Å². The molecule has 4 nitrogen and oxygen atoms in total. The number of amides is 1. The molecule has 0 bridgehead atoms. The highest BCUT2D eigenvalue weighted by atomic mass is 35.5. The van der Waals surface area contributed by atoms with E-state index < -0.39 is 0 Å². The number of hydrogen-bond acceptors (Lipinski definition) is 3. The predicted octanol–water partition coefficient (Wildman–Crippen LogP) is 2.25. The van der Waals surface area contributed by atoms with Gasteiger partial charge in [0.1, 0.15) is 6.10 Å². The fourth-order valence-electron chi connectivity index (χ4n) is 2.79. The van der Waals surface area contributed by atoms with Crippen LogP contribution < -0.4 is 5.32 Å². The Bertz CT molecular complexity index is 433. The van der Waals surface area contributed by atoms with Crippen molar-refractivity contribution >= 4 is 18.3 Å². The molecule has 1 aromatic rings. The highest BCUT2D eigenvalue weighted by Gasteiger charge is 2.31. The molecule has 0 saturated carbocycles. The van der Waals surface area contributed by atoms with Crippen LogP contribution in [0.2, 0.25) is 0 Å². The molecule has 1 heterocycles. The van der Waals surface area contributed by atoms with E-state index >= 15 is 0 Å². The molecule has 1 aromatic carbocycles. The van der Waals surface area contributed by atoms with Crippen LogP contribution in [0.4, 0.5) is 0 Å². The van der Waals surface area contributed by atoms with Crippen molar-refractivity contribution in [2.45, 2.75) is 26.0 Å². The van der Waals surface area contributed by atoms with Crippen molar-refractivity contribution in [2.24, 2.45) is 5.92 Å². The first-order valence-electron chi connectivity index (χ1n) is 7.25. The summed E-state index contributed by atoms with van der Waals surface area (Å²) < 4.78 is 5.57. The molecular formula is C16H25ClN2O2. The maximum absolute atomic E-state index is 12.6. The minimum atomic E-state index is -0.362. The molecule has 1 aliphatic rings. The lowest BCUT2D eigenvalue weighted by atomic mass is 9.94. The molecule has 1 N–H and O–H groups in total. The Kier molecular flexibility index (Phi) is 7.15. The molecule has 2 atom stereocenters. The lowest BCUT2D eigenvalue weighted by Crippen LogP contribution is -2.49. The second-order valence-electron chi connectivity index (χ2n) is 5.61. The van der Waals surface area contributed by atoms with E-state index in [0.29, 0.717) is 19.1 Å². The first kappa shape index (κ1) is 18.0. The third kappa shape index (κ3) is 4.43. The highest BCUT2D eigenvalue weighted by Crippen LogP contribution is 2.28. The molecular weight excluding hydrogens is 288 g/mol. The van der Waals surface area contributed by atoms with Crippen LogP contribution in [0, 0.1) is 5.92 Å². The number of nitrogens with one attached hydrogen (secondary N) is 1. The molecule has 1 saturated heterocycles. The zero-order chi connectivity index (χ0) is 14.5. The van der Waals surface area contributed by atoms with E-state index in [2.05, 4.69) is 31.3 Å². The summed E-state index contributed by atoms with van der Waals surface area (Å²) in [4.78, 5) is 14.4. The van der Waals surface area contributed by atoms with Gasteiger partial charge in [-0.15, -0.1) is 12.4 Å². The van der Waals surface area contributed by atoms with Crippen LogP contribution in [0.3, 0.4) is 0 Å². The number of carbonyl (C=O) groups excluding carboxylic acids is 1. The van der Waals surface area contributed by atoms with E-state index in [1.54, 1.807) is 0 Å². The summed E-state index contributed by atoms with van der Waals surface area (Å²) >= 11 is 0. The Hall–Kier alpha value is -1.10. The molecule has 2 rings (SSSR count). The van der Waals surface area contributed by atoms with Gasteiger partial charge in [0.05, 0.1) is 12.6 Å². The molecule has 21 heavy (non-hydrogen) atoms. The Morgan fingerprint density at radius 3 is 2.52 bits per heavy atom. The highest BCUT2D eigenvalue weighted by molar-refractivity contribution is 5.85. The number of carbonyl (C=O) groups is 1. The van der Waals surface area contributed by atoms with Gasteiger partial charge in [-0.2, -0.15) is 0 Å². The molecule has 1 fully saturated rings. The number of hydrogen-bond donors (Lipinski definition) is 1. The summed E-state index contributed by atoms with van der Waals surface area (Å²) in [6.07, 6.45) is -0.362. The van der Waals surface area contributed by atoms with Crippen LogP contribution in [-0.4, -0.2) is 43.7 Å². The van der Waals surface area contributed by atoms with Gasteiger partial charge in [0.2, 0.25) is 0 Å². The molecule has 1 amide bonds. The number of likely N-dealkylation sites (N-methyl/N-ethyl adjacent to an activating group) is 1. The summed E-state index contributed by atoms with van der Waals surface area (Å²) in [5, 5.41) is 3.21. The van der Waals surface area contributed by atoms with Gasteiger partial charge in [-0.1, -0.05) is 44.2 Å². The average Bonchev–Trinajstić information content (AvgIpc) is 2.48. The molecule has 1 aliphatic heterocycles. The molecule has 0 spiro atoms. The number of nitrogens with zero attached hydrogens (tertiary/aromatic N) is 1. The van der Waals surface area contributed by atoms with Gasteiger partial charge in [0.15, 0.2) is 0 Å². The van der Waals surface area contributed by atoms with E-state index in [4.69, 9.17) is 4.74 Å². The normalized spacial score (nSPS) is 19.7. The van der Waals surface area contributed by atoms with Crippen molar-refractivity contribution in [3.8, 4) is 0 Å². The Labute approximate surface area is 133 Å². The summed E-state index contributed by atoms with van der Waals surface area (Å²) in [7, 11) is 1.87. The van der Waals surface area contributed by atoms with E-state index in [0.717, 1.165) is 6.54 Å². The second kappa shape index (κ2) is 8.37. The van der Waals surface area contributed by atoms with Crippen molar-refractivity contribution < 1.29 is 9.53 Å². The van der Waals surface area contributed by atoms with Crippen LogP contribution in [0.25, 0.3) is 0 Å². The summed E-state index contributed by atoms with van der Waals surface area (Å²) in [6, 6.07) is 10.3. The van der Waals surface area contributed by atoms with E-state index in [-0.39, 0.29) is 30.5 Å². The fourth-order valence-corrected chi connectivity index (χ4v) is 2.79. The minimum absolute atomic E-state index is 0. The van der Waals surface area contributed by atoms with Gasteiger partial charge in [-0.05, 0) is 11.5 Å². The van der Waals surface area contributed by atoms with Gasteiger partial charge >= 0.3 is 0 Å². The molecule has 0 aliphatic carbocycles. The zero-order valence-electron chi connectivity index (χ0n) is 12.9. The number of benzene rings is 1. The average molecular weight is 313 g/mol. The van der Waals surface area contributed by atoms with Crippen molar-refractivity contribution in [1.82, 2.24) is 10.2 Å². The van der Waals surface area contributed by atoms with Crippen LogP contribution >= 0.6 is 12.4 Å². The Balaban J connectivity index is 0.00000220. The van der Waals surface area contributed by atoms with Crippen LogP contribution in [0.1, 0.15) is 25.5 Å². The summed E-state index contributed by atoms with van der Waals surface area (Å²) in [5.41, 5.74) is 1.17. The Morgan fingerprint density at radius 2 is 2.00 bits per heavy atom. The van der Waals surface area contributed by atoms with Gasteiger partial charge in [0.25, 0.3) is 5.91 Å². The molecule has 118 valence electrons. The summed E-state index contributed by atoms with van der Waals surface area (Å²) in [6.45, 7) is 6.30. The molecule has 0 radical (unpaired) electrons. The molecule has 2 unspecified atom stereocenters. The monoisotopic (exact) mass is 312 g/mol. The van der Waals surface area contributed by atoms with Crippen LogP contribution in [0.5, 0.6) is 0 Å². The van der Waals surface area contributed by atoms with Crippen molar-refractivity contribution in [1.29, 1.82) is 0 Å². The third-order valence-electron chi connectivity index (χ3n) is 3.74. The van der Waals surface area contributed by atoms with E-state index in [9.17, 15) is 4.79 Å². The van der Waals surface area contributed by atoms with Crippen molar-refractivity contribution in [3.63, 3.8) is 0 Å². The standard InChI is InChI=1S/C16H24N2O2.ClH/c1-12(2)15(13-7-5-4-6-8-13)18(3)16(19)14-11-17-9-10-20-14;/h4-8,12,14-15,17H,9-11H2,1-3H3;1H. The van der Waals surface area contributed by atoms with Crippen LogP contribution in [-0.2, 0) is 9.53 Å². The SMILES string of the molecule is CC(C)C(c1ccccc1)N(C)C(=O)C1CNCCO1.Cl. The largest absolute Gasteiger partial charge is 0.366 e. The number of ether oxygens (including phenoxy) is 1. The summed E-state index contributed by atoms with van der Waals surface area (Å²) in [5.74, 6) is 0.405. The maximum atomic E-state index is 12.6. The smallest absolute Gasteiger partial charge is 0.253 e. The number of rotatable bonds is 4. The molecule has 5 heteroatoms. The zero-order valence-corrected chi connectivity index (χ0v) is 13.7. The fraction of sp³-hybridized carbons (Fsp3) is 0.562. The lowest BCUT2D eigenvalue weighted by molar-refractivity contribution is -0.147. The Morgan fingerprint density at radius 1 is 1.33 bits per heavy atom. The van der Waals surface area contributed by atoms with E-state index in [1.165, 1.54) is 5.56 Å². The van der Waals surface area contributed by atoms with Gasteiger partial charge in [-0.25, -0.2) is 0 Å². The van der Waals surface area contributed by atoms with Gasteiger partial charge in [-0.3, -0.25) is 4.79 Å². The quantitative estimate of drug-likeness (QED) is 0.927. The predicted molar refractivity (Wildman–Crippen MR) is 86.6 cm³/mol. The number of morpholine rings is 1. The van der Waals surface area contributed by atoms with Gasteiger partial charge in [0, 0.05) is 20.1 Å². The topological polar surface area (TPSA) is 41.6 Å². The first-order valence-corrected chi connectivity index (χ1v) is 7.25. The first-order chi connectivity index (χ1) is 9.61. The lowest BCUT2D eigenvalue weighted by Gasteiger charge is -2.35.